The molecule has 126 valence electrons. The highest BCUT2D eigenvalue weighted by Crippen LogP contribution is 2.24. The zero-order chi connectivity index (χ0) is 16.7. The van der Waals surface area contributed by atoms with Gasteiger partial charge >= 0.3 is 6.03 Å². The average molecular weight is 321 g/mol. The predicted octanol–water partition coefficient (Wildman–Crippen LogP) is 1.97. The summed E-state index contributed by atoms with van der Waals surface area (Å²) in [4.78, 5) is 23.5. The Labute approximate surface area is 136 Å². The first-order valence-corrected chi connectivity index (χ1v) is 8.10. The maximum atomic E-state index is 12.8. The molecular weight excluding hydrogens is 297 g/mol. The average Bonchev–Trinajstić information content (AvgIpc) is 2.91. The van der Waals surface area contributed by atoms with Crippen molar-refractivity contribution in [2.75, 3.05) is 13.1 Å². The number of hydrogen-bond acceptors (Lipinski definition) is 2. The fraction of sp³-hybridized carbons (Fsp3) is 0.529. The Kier molecular flexibility index (Phi) is 6.38. The first-order valence-electron chi connectivity index (χ1n) is 8.10. The van der Waals surface area contributed by atoms with Gasteiger partial charge in [-0.2, -0.15) is 0 Å². The van der Waals surface area contributed by atoms with E-state index < -0.39 is 0 Å². The Balaban J connectivity index is 1.58. The molecule has 0 saturated heterocycles. The second kappa shape index (κ2) is 8.50. The summed E-state index contributed by atoms with van der Waals surface area (Å²) in [5.74, 6) is 0.0559. The molecule has 1 aliphatic carbocycles. The SMILES string of the molecule is C[C@@H]1CCC[C@H]1NC(=O)NCCNC(=O)Cc1ccc(F)cc1. The molecule has 3 amide bonds. The summed E-state index contributed by atoms with van der Waals surface area (Å²) < 4.78 is 12.8. The molecule has 1 aromatic carbocycles. The first kappa shape index (κ1) is 17.2. The van der Waals surface area contributed by atoms with Crippen LogP contribution in [-0.4, -0.2) is 31.1 Å². The van der Waals surface area contributed by atoms with E-state index in [0.29, 0.717) is 19.0 Å². The summed E-state index contributed by atoms with van der Waals surface area (Å²) in [6.07, 6.45) is 3.55. The number of amides is 3. The van der Waals surface area contributed by atoms with E-state index in [1.807, 2.05) is 0 Å². The second-order valence-electron chi connectivity index (χ2n) is 6.07. The summed E-state index contributed by atoms with van der Waals surface area (Å²) in [6, 6.07) is 5.91. The molecule has 1 fully saturated rings. The van der Waals surface area contributed by atoms with Gasteiger partial charge in [0.05, 0.1) is 6.42 Å². The van der Waals surface area contributed by atoms with Crippen LogP contribution in [-0.2, 0) is 11.2 Å². The molecule has 1 saturated carbocycles. The van der Waals surface area contributed by atoms with Gasteiger partial charge in [-0.1, -0.05) is 25.5 Å². The zero-order valence-corrected chi connectivity index (χ0v) is 13.4. The third-order valence-corrected chi connectivity index (χ3v) is 4.19. The van der Waals surface area contributed by atoms with E-state index in [1.165, 1.54) is 12.1 Å². The van der Waals surface area contributed by atoms with E-state index in [9.17, 15) is 14.0 Å². The number of benzene rings is 1. The van der Waals surface area contributed by atoms with Crippen molar-refractivity contribution >= 4 is 11.9 Å². The molecule has 0 heterocycles. The first-order chi connectivity index (χ1) is 11.0. The highest BCUT2D eigenvalue weighted by molar-refractivity contribution is 5.78. The van der Waals surface area contributed by atoms with Crippen LogP contribution >= 0.6 is 0 Å². The van der Waals surface area contributed by atoms with Crippen LogP contribution in [0.3, 0.4) is 0 Å². The monoisotopic (exact) mass is 321 g/mol. The molecule has 0 radical (unpaired) electrons. The topological polar surface area (TPSA) is 70.2 Å². The number of carbonyl (C=O) groups is 2. The standard InChI is InChI=1S/C17H24FN3O2/c1-12-3-2-4-15(12)21-17(23)20-10-9-19-16(22)11-13-5-7-14(18)8-6-13/h5-8,12,15H,2-4,9-11H2,1H3,(H,19,22)(H2,20,21,23)/t12-,15-/m1/s1. The molecule has 6 heteroatoms. The van der Waals surface area contributed by atoms with Crippen LogP contribution in [0.1, 0.15) is 31.7 Å². The van der Waals surface area contributed by atoms with Gasteiger partial charge < -0.3 is 16.0 Å². The molecule has 0 bridgehead atoms. The van der Waals surface area contributed by atoms with Crippen molar-refractivity contribution in [1.82, 2.24) is 16.0 Å². The fourth-order valence-electron chi connectivity index (χ4n) is 2.81. The Morgan fingerprint density at radius 2 is 1.83 bits per heavy atom. The van der Waals surface area contributed by atoms with Crippen LogP contribution in [0, 0.1) is 11.7 Å². The summed E-state index contributed by atoms with van der Waals surface area (Å²) in [6.45, 7) is 2.89. The summed E-state index contributed by atoms with van der Waals surface area (Å²) >= 11 is 0. The van der Waals surface area contributed by atoms with Crippen molar-refractivity contribution in [3.05, 3.63) is 35.6 Å². The van der Waals surface area contributed by atoms with Crippen molar-refractivity contribution in [3.8, 4) is 0 Å². The van der Waals surface area contributed by atoms with Gasteiger partial charge in [0.2, 0.25) is 5.91 Å². The number of nitrogens with one attached hydrogen (secondary N) is 3. The van der Waals surface area contributed by atoms with Gasteiger partial charge in [-0.15, -0.1) is 0 Å². The van der Waals surface area contributed by atoms with Gasteiger partial charge in [-0.25, -0.2) is 9.18 Å². The van der Waals surface area contributed by atoms with Gasteiger partial charge in [0.25, 0.3) is 0 Å². The Morgan fingerprint density at radius 3 is 2.48 bits per heavy atom. The molecule has 0 aliphatic heterocycles. The van der Waals surface area contributed by atoms with Crippen LogP contribution < -0.4 is 16.0 Å². The maximum absolute atomic E-state index is 12.8. The Hall–Kier alpha value is -2.11. The molecular formula is C17H24FN3O2. The fourth-order valence-corrected chi connectivity index (χ4v) is 2.81. The molecule has 1 aliphatic rings. The van der Waals surface area contributed by atoms with Crippen LogP contribution in [0.4, 0.5) is 9.18 Å². The van der Waals surface area contributed by atoms with Gasteiger partial charge in [0, 0.05) is 19.1 Å². The third-order valence-electron chi connectivity index (χ3n) is 4.19. The van der Waals surface area contributed by atoms with Crippen molar-refractivity contribution in [2.24, 2.45) is 5.92 Å². The molecule has 0 spiro atoms. The molecule has 3 N–H and O–H groups in total. The lowest BCUT2D eigenvalue weighted by atomic mass is 10.1. The van der Waals surface area contributed by atoms with Crippen molar-refractivity contribution in [1.29, 1.82) is 0 Å². The van der Waals surface area contributed by atoms with Gasteiger partial charge in [-0.05, 0) is 36.5 Å². The second-order valence-corrected chi connectivity index (χ2v) is 6.07. The van der Waals surface area contributed by atoms with Crippen molar-refractivity contribution in [3.63, 3.8) is 0 Å². The molecule has 2 rings (SSSR count). The molecule has 5 nitrogen and oxygen atoms in total. The van der Waals surface area contributed by atoms with Crippen LogP contribution in [0.15, 0.2) is 24.3 Å². The van der Waals surface area contributed by atoms with Gasteiger partial charge in [0.15, 0.2) is 0 Å². The van der Waals surface area contributed by atoms with E-state index in [1.54, 1.807) is 12.1 Å². The predicted molar refractivity (Wildman–Crippen MR) is 86.5 cm³/mol. The lowest BCUT2D eigenvalue weighted by molar-refractivity contribution is -0.120. The lowest BCUT2D eigenvalue weighted by Crippen LogP contribution is -2.45. The highest BCUT2D eigenvalue weighted by Gasteiger charge is 2.24. The molecule has 23 heavy (non-hydrogen) atoms. The van der Waals surface area contributed by atoms with Gasteiger partial charge in [0.1, 0.15) is 5.82 Å². The normalized spacial score (nSPS) is 20.1. The number of hydrogen-bond donors (Lipinski definition) is 3. The summed E-state index contributed by atoms with van der Waals surface area (Å²) in [5.41, 5.74) is 0.754. The lowest BCUT2D eigenvalue weighted by Gasteiger charge is -2.17. The Bertz CT molecular complexity index is 533. The van der Waals surface area contributed by atoms with E-state index in [2.05, 4.69) is 22.9 Å². The van der Waals surface area contributed by atoms with Crippen molar-refractivity contribution < 1.29 is 14.0 Å². The summed E-state index contributed by atoms with van der Waals surface area (Å²) in [5, 5.41) is 8.43. The van der Waals surface area contributed by atoms with E-state index >= 15 is 0 Å². The maximum Gasteiger partial charge on any atom is 0.315 e. The Morgan fingerprint density at radius 1 is 1.13 bits per heavy atom. The minimum absolute atomic E-state index is 0.150. The minimum Gasteiger partial charge on any atom is -0.354 e. The van der Waals surface area contributed by atoms with Gasteiger partial charge in [-0.3, -0.25) is 4.79 Å². The van der Waals surface area contributed by atoms with E-state index in [4.69, 9.17) is 0 Å². The molecule has 2 atom stereocenters. The quantitative estimate of drug-likeness (QED) is 0.701. The number of carbonyl (C=O) groups excluding carboxylic acids is 2. The van der Waals surface area contributed by atoms with Crippen LogP contribution in [0.5, 0.6) is 0 Å². The van der Waals surface area contributed by atoms with Crippen molar-refractivity contribution in [2.45, 2.75) is 38.6 Å². The van der Waals surface area contributed by atoms with Crippen LogP contribution in [0.2, 0.25) is 0 Å². The molecule has 0 unspecified atom stereocenters. The molecule has 0 aromatic heterocycles. The number of urea groups is 1. The summed E-state index contributed by atoms with van der Waals surface area (Å²) in [7, 11) is 0. The third kappa shape index (κ3) is 5.88. The van der Waals surface area contributed by atoms with E-state index in [-0.39, 0.29) is 30.2 Å². The largest absolute Gasteiger partial charge is 0.354 e. The van der Waals surface area contributed by atoms with Crippen LogP contribution in [0.25, 0.3) is 0 Å². The number of halogens is 1. The smallest absolute Gasteiger partial charge is 0.315 e. The zero-order valence-electron chi connectivity index (χ0n) is 13.4. The van der Waals surface area contributed by atoms with E-state index in [0.717, 1.165) is 24.8 Å². The minimum atomic E-state index is -0.319. The highest BCUT2D eigenvalue weighted by atomic mass is 19.1. The number of rotatable bonds is 6. The molecule has 1 aromatic rings.